The van der Waals surface area contributed by atoms with Gasteiger partial charge in [0.25, 0.3) is 0 Å². The van der Waals surface area contributed by atoms with Gasteiger partial charge in [-0.15, -0.1) is 0 Å². The van der Waals surface area contributed by atoms with Gasteiger partial charge in [-0.3, -0.25) is 0 Å². The van der Waals surface area contributed by atoms with Crippen molar-refractivity contribution in [2.45, 2.75) is 0 Å². The van der Waals surface area contributed by atoms with Crippen LogP contribution in [0.4, 0.5) is 0 Å². The van der Waals surface area contributed by atoms with Crippen molar-refractivity contribution < 1.29 is 28.5 Å². The van der Waals surface area contributed by atoms with E-state index in [0.717, 1.165) is 43.1 Å². The van der Waals surface area contributed by atoms with Crippen molar-refractivity contribution in [1.82, 2.24) is 0 Å². The highest BCUT2D eigenvalue weighted by Gasteiger charge is 2.14. The molecule has 6 nitrogen and oxygen atoms in total. The maximum Gasteiger partial charge on any atom is 0.343 e. The highest BCUT2D eigenvalue weighted by Crippen LogP contribution is 2.29. The standard InChI is InChI=1S/C44H30O6/c45-43(49-41-13-5-9-29-7-1-3-11-39(29)41)35-17-15-33-27-37(21-19-31(33)25-35)47-23-24-48-38-22-20-32-26-36(18-16-34(32)28-38)44(46)50-42-14-6-10-30-8-2-4-12-40(30)42/h1-22,25-28H,23-24H2. The molecule has 242 valence electrons. The number of carbonyl (C=O) groups is 2. The summed E-state index contributed by atoms with van der Waals surface area (Å²) < 4.78 is 23.5. The summed E-state index contributed by atoms with van der Waals surface area (Å²) in [5, 5.41) is 7.51. The molecule has 6 heteroatoms. The van der Waals surface area contributed by atoms with Gasteiger partial charge in [-0.25, -0.2) is 9.59 Å². The molecule has 0 saturated heterocycles. The highest BCUT2D eigenvalue weighted by molar-refractivity contribution is 6.00. The highest BCUT2D eigenvalue weighted by atomic mass is 16.5. The van der Waals surface area contributed by atoms with Crippen molar-refractivity contribution >= 4 is 55.0 Å². The lowest BCUT2D eigenvalue weighted by Crippen LogP contribution is -2.09. The van der Waals surface area contributed by atoms with E-state index in [9.17, 15) is 9.59 Å². The van der Waals surface area contributed by atoms with E-state index in [0.29, 0.717) is 47.3 Å². The topological polar surface area (TPSA) is 71.1 Å². The summed E-state index contributed by atoms with van der Waals surface area (Å²) in [4.78, 5) is 26.0. The number of hydrogen-bond donors (Lipinski definition) is 0. The van der Waals surface area contributed by atoms with Gasteiger partial charge in [0.15, 0.2) is 0 Å². The predicted octanol–water partition coefficient (Wildman–Crippen LogP) is 10.2. The minimum Gasteiger partial charge on any atom is -0.490 e. The summed E-state index contributed by atoms with van der Waals surface area (Å²) >= 11 is 0. The van der Waals surface area contributed by atoms with Gasteiger partial charge in [-0.2, -0.15) is 0 Å². The Balaban J connectivity index is 0.863. The van der Waals surface area contributed by atoms with E-state index < -0.39 is 11.9 Å². The fourth-order valence-corrected chi connectivity index (χ4v) is 6.09. The molecule has 0 amide bonds. The number of hydrogen-bond acceptors (Lipinski definition) is 6. The summed E-state index contributed by atoms with van der Waals surface area (Å²) in [6.07, 6.45) is 0. The Morgan fingerprint density at radius 2 is 0.780 bits per heavy atom. The van der Waals surface area contributed by atoms with Crippen LogP contribution < -0.4 is 18.9 Å². The van der Waals surface area contributed by atoms with Gasteiger partial charge in [0.1, 0.15) is 36.2 Å². The van der Waals surface area contributed by atoms with Gasteiger partial charge in [0, 0.05) is 10.8 Å². The van der Waals surface area contributed by atoms with E-state index in [1.165, 1.54) is 0 Å². The molecular formula is C44H30O6. The summed E-state index contributed by atoms with van der Waals surface area (Å²) in [5.41, 5.74) is 0.944. The van der Waals surface area contributed by atoms with Crippen LogP contribution in [-0.4, -0.2) is 25.2 Å². The van der Waals surface area contributed by atoms with Crippen molar-refractivity contribution in [3.8, 4) is 23.0 Å². The molecule has 0 aliphatic heterocycles. The van der Waals surface area contributed by atoms with Crippen LogP contribution in [0.15, 0.2) is 158 Å². The Morgan fingerprint density at radius 1 is 0.380 bits per heavy atom. The van der Waals surface area contributed by atoms with E-state index in [4.69, 9.17) is 18.9 Å². The molecule has 0 bridgehead atoms. The number of benzene rings is 8. The quantitative estimate of drug-likeness (QED) is 0.0876. The number of fused-ring (bicyclic) bond motifs is 4. The Kier molecular flexibility index (Phi) is 8.25. The Bertz CT molecular complexity index is 2370. The van der Waals surface area contributed by atoms with Crippen LogP contribution in [0.2, 0.25) is 0 Å². The lowest BCUT2D eigenvalue weighted by molar-refractivity contribution is 0.0727. The second-order valence-electron chi connectivity index (χ2n) is 11.9. The summed E-state index contributed by atoms with van der Waals surface area (Å²) in [5.74, 6) is 1.66. The average Bonchev–Trinajstić information content (AvgIpc) is 3.16. The molecule has 0 atom stereocenters. The fraction of sp³-hybridized carbons (Fsp3) is 0.0455. The summed E-state index contributed by atoms with van der Waals surface area (Å²) in [6.45, 7) is 0.690. The first-order valence-electron chi connectivity index (χ1n) is 16.3. The molecule has 0 heterocycles. The first-order valence-corrected chi connectivity index (χ1v) is 16.3. The molecule has 0 aliphatic rings. The number of rotatable bonds is 9. The van der Waals surface area contributed by atoms with Crippen molar-refractivity contribution in [3.63, 3.8) is 0 Å². The van der Waals surface area contributed by atoms with Gasteiger partial charge in [0.2, 0.25) is 0 Å². The third-order valence-electron chi connectivity index (χ3n) is 8.62. The van der Waals surface area contributed by atoms with E-state index in [2.05, 4.69) is 0 Å². The first kappa shape index (κ1) is 30.7. The lowest BCUT2D eigenvalue weighted by Gasteiger charge is -2.11. The first-order chi connectivity index (χ1) is 24.6. The minimum absolute atomic E-state index is 0.345. The van der Waals surface area contributed by atoms with E-state index in [-0.39, 0.29) is 0 Å². The summed E-state index contributed by atoms with van der Waals surface area (Å²) in [7, 11) is 0. The van der Waals surface area contributed by atoms with Crippen LogP contribution in [-0.2, 0) is 0 Å². The third-order valence-corrected chi connectivity index (χ3v) is 8.62. The number of carbonyl (C=O) groups excluding carboxylic acids is 2. The van der Waals surface area contributed by atoms with Crippen LogP contribution in [0.1, 0.15) is 20.7 Å². The van der Waals surface area contributed by atoms with Gasteiger partial charge < -0.3 is 18.9 Å². The molecular weight excluding hydrogens is 624 g/mol. The molecule has 0 saturated carbocycles. The van der Waals surface area contributed by atoms with Crippen LogP contribution in [0.5, 0.6) is 23.0 Å². The molecule has 0 spiro atoms. The van der Waals surface area contributed by atoms with E-state index in [1.54, 1.807) is 24.3 Å². The fourth-order valence-electron chi connectivity index (χ4n) is 6.09. The molecule has 8 aromatic rings. The van der Waals surface area contributed by atoms with E-state index in [1.807, 2.05) is 133 Å². The predicted molar refractivity (Wildman–Crippen MR) is 197 cm³/mol. The SMILES string of the molecule is O=C(Oc1cccc2ccccc12)c1ccc2cc(OCCOc3ccc4cc(C(=O)Oc5cccc6ccccc56)ccc4c3)ccc2c1. The Hall–Kier alpha value is -6.66. The van der Waals surface area contributed by atoms with Gasteiger partial charge in [0.05, 0.1) is 11.1 Å². The normalized spacial score (nSPS) is 11.1. The molecule has 0 aromatic heterocycles. The maximum atomic E-state index is 13.0. The second-order valence-corrected chi connectivity index (χ2v) is 11.9. The largest absolute Gasteiger partial charge is 0.490 e. The minimum atomic E-state index is -0.408. The zero-order valence-electron chi connectivity index (χ0n) is 26.9. The van der Waals surface area contributed by atoms with Gasteiger partial charge in [-0.05, 0) is 93.0 Å². The third kappa shape index (κ3) is 6.42. The van der Waals surface area contributed by atoms with Crippen LogP contribution >= 0.6 is 0 Å². The molecule has 0 unspecified atom stereocenters. The number of ether oxygens (including phenoxy) is 4. The Morgan fingerprint density at radius 3 is 1.26 bits per heavy atom. The van der Waals surface area contributed by atoms with Crippen LogP contribution in [0.25, 0.3) is 43.1 Å². The molecule has 0 fully saturated rings. The average molecular weight is 655 g/mol. The van der Waals surface area contributed by atoms with Crippen molar-refractivity contribution in [1.29, 1.82) is 0 Å². The zero-order valence-corrected chi connectivity index (χ0v) is 26.9. The van der Waals surface area contributed by atoms with Crippen LogP contribution in [0.3, 0.4) is 0 Å². The second kappa shape index (κ2) is 13.5. The van der Waals surface area contributed by atoms with Crippen molar-refractivity contribution in [3.05, 3.63) is 169 Å². The maximum absolute atomic E-state index is 13.0. The Labute approximate surface area is 288 Å². The molecule has 8 aromatic carbocycles. The van der Waals surface area contributed by atoms with Crippen molar-refractivity contribution in [2.24, 2.45) is 0 Å². The lowest BCUT2D eigenvalue weighted by atomic mass is 10.1. The smallest absolute Gasteiger partial charge is 0.343 e. The van der Waals surface area contributed by atoms with E-state index >= 15 is 0 Å². The number of esters is 2. The summed E-state index contributed by atoms with van der Waals surface area (Å²) in [6, 6.07) is 49.4. The monoisotopic (exact) mass is 654 g/mol. The van der Waals surface area contributed by atoms with Crippen molar-refractivity contribution in [2.75, 3.05) is 13.2 Å². The molecule has 50 heavy (non-hydrogen) atoms. The molecule has 0 radical (unpaired) electrons. The zero-order chi connectivity index (χ0) is 33.9. The molecule has 8 rings (SSSR count). The molecule has 0 aliphatic carbocycles. The van der Waals surface area contributed by atoms with Gasteiger partial charge >= 0.3 is 11.9 Å². The van der Waals surface area contributed by atoms with Crippen LogP contribution in [0, 0.1) is 0 Å². The molecule has 0 N–H and O–H groups in total. The van der Waals surface area contributed by atoms with Gasteiger partial charge in [-0.1, -0.05) is 97.1 Å².